The normalized spacial score (nSPS) is 12.8. The SMILES string of the molecule is CC[C@@H](C)c1nc2ccc(Br)cc2c(=O)n1N=Cc1ccc(Cl)c(Cl)c1. The molecule has 0 aliphatic heterocycles. The topological polar surface area (TPSA) is 47.2 Å². The van der Waals surface area contributed by atoms with Crippen LogP contribution in [0.2, 0.25) is 10.0 Å². The monoisotopic (exact) mass is 451 g/mol. The van der Waals surface area contributed by atoms with E-state index in [0.29, 0.717) is 26.8 Å². The Kier molecular flexibility index (Phi) is 5.80. The van der Waals surface area contributed by atoms with Gasteiger partial charge < -0.3 is 0 Å². The van der Waals surface area contributed by atoms with E-state index in [2.05, 4.69) is 32.9 Å². The Morgan fingerprint density at radius 3 is 2.69 bits per heavy atom. The number of hydrogen-bond donors (Lipinski definition) is 0. The number of rotatable bonds is 4. The molecule has 1 aromatic heterocycles. The second kappa shape index (κ2) is 7.91. The summed E-state index contributed by atoms with van der Waals surface area (Å²) >= 11 is 15.4. The van der Waals surface area contributed by atoms with Crippen LogP contribution in [0.25, 0.3) is 10.9 Å². The summed E-state index contributed by atoms with van der Waals surface area (Å²) in [4.78, 5) is 17.7. The van der Waals surface area contributed by atoms with Crippen LogP contribution < -0.4 is 5.56 Å². The smallest absolute Gasteiger partial charge is 0.267 e. The highest BCUT2D eigenvalue weighted by molar-refractivity contribution is 9.10. The van der Waals surface area contributed by atoms with E-state index in [1.807, 2.05) is 19.1 Å². The van der Waals surface area contributed by atoms with Crippen LogP contribution in [0.15, 0.2) is 50.8 Å². The quantitative estimate of drug-likeness (QED) is 0.465. The molecular weight excluding hydrogens is 437 g/mol. The van der Waals surface area contributed by atoms with Crippen molar-refractivity contribution in [1.29, 1.82) is 0 Å². The standard InChI is InChI=1S/C19H16BrCl2N3O/c1-3-11(2)18-24-17-7-5-13(20)9-14(17)19(26)25(18)23-10-12-4-6-15(21)16(22)8-12/h4-11H,3H2,1-2H3/t11-/m1/s1. The molecule has 26 heavy (non-hydrogen) atoms. The molecule has 0 saturated heterocycles. The van der Waals surface area contributed by atoms with Gasteiger partial charge in [0.25, 0.3) is 5.56 Å². The maximum atomic E-state index is 13.0. The molecule has 0 N–H and O–H groups in total. The van der Waals surface area contributed by atoms with E-state index >= 15 is 0 Å². The fourth-order valence-electron chi connectivity index (χ4n) is 2.50. The fourth-order valence-corrected chi connectivity index (χ4v) is 3.16. The zero-order valence-electron chi connectivity index (χ0n) is 14.2. The number of halogens is 3. The minimum atomic E-state index is -0.206. The third-order valence-electron chi connectivity index (χ3n) is 4.15. The van der Waals surface area contributed by atoms with Crippen molar-refractivity contribution < 1.29 is 0 Å². The molecule has 0 spiro atoms. The van der Waals surface area contributed by atoms with Crippen molar-refractivity contribution >= 4 is 56.2 Å². The summed E-state index contributed by atoms with van der Waals surface area (Å²) in [6.07, 6.45) is 2.43. The summed E-state index contributed by atoms with van der Waals surface area (Å²) in [5.74, 6) is 0.713. The van der Waals surface area contributed by atoms with Crippen molar-refractivity contribution in [3.05, 3.63) is 72.7 Å². The second-order valence-corrected chi connectivity index (χ2v) is 7.71. The van der Waals surface area contributed by atoms with Gasteiger partial charge in [0.15, 0.2) is 0 Å². The van der Waals surface area contributed by atoms with Gasteiger partial charge in [0.1, 0.15) is 5.82 Å². The van der Waals surface area contributed by atoms with Gasteiger partial charge in [-0.25, -0.2) is 4.98 Å². The molecular formula is C19H16BrCl2N3O. The van der Waals surface area contributed by atoms with Gasteiger partial charge in [-0.1, -0.05) is 59.0 Å². The second-order valence-electron chi connectivity index (χ2n) is 5.98. The number of aromatic nitrogens is 2. The third-order valence-corrected chi connectivity index (χ3v) is 5.38. The maximum Gasteiger partial charge on any atom is 0.282 e. The van der Waals surface area contributed by atoms with Crippen LogP contribution in [0.5, 0.6) is 0 Å². The van der Waals surface area contributed by atoms with E-state index in [1.54, 1.807) is 30.5 Å². The Balaban J connectivity index is 2.18. The molecule has 0 fully saturated rings. The minimum absolute atomic E-state index is 0.0849. The van der Waals surface area contributed by atoms with Gasteiger partial charge in [-0.05, 0) is 42.3 Å². The number of benzene rings is 2. The zero-order valence-corrected chi connectivity index (χ0v) is 17.3. The van der Waals surface area contributed by atoms with E-state index < -0.39 is 0 Å². The van der Waals surface area contributed by atoms with Gasteiger partial charge in [0.05, 0.1) is 27.2 Å². The molecule has 0 amide bonds. The van der Waals surface area contributed by atoms with E-state index in [9.17, 15) is 4.79 Å². The summed E-state index contributed by atoms with van der Waals surface area (Å²) in [5.41, 5.74) is 1.20. The summed E-state index contributed by atoms with van der Waals surface area (Å²) in [6, 6.07) is 10.6. The zero-order chi connectivity index (χ0) is 18.8. The average Bonchev–Trinajstić information content (AvgIpc) is 2.63. The van der Waals surface area contributed by atoms with Gasteiger partial charge in [0, 0.05) is 10.4 Å². The first-order chi connectivity index (χ1) is 12.4. The van der Waals surface area contributed by atoms with Crippen LogP contribution in [0, 0.1) is 0 Å². The Hall–Kier alpha value is -1.69. The van der Waals surface area contributed by atoms with Crippen LogP contribution >= 0.6 is 39.1 Å². The van der Waals surface area contributed by atoms with Crippen molar-refractivity contribution in [3.8, 4) is 0 Å². The lowest BCUT2D eigenvalue weighted by molar-refractivity contribution is 0.613. The molecule has 2 aromatic carbocycles. The molecule has 1 heterocycles. The van der Waals surface area contributed by atoms with Crippen LogP contribution in [0.3, 0.4) is 0 Å². The van der Waals surface area contributed by atoms with E-state index in [0.717, 1.165) is 16.5 Å². The van der Waals surface area contributed by atoms with Crippen molar-refractivity contribution in [3.63, 3.8) is 0 Å². The van der Waals surface area contributed by atoms with Crippen LogP contribution in [0.4, 0.5) is 0 Å². The highest BCUT2D eigenvalue weighted by Crippen LogP contribution is 2.23. The predicted octanol–water partition coefficient (Wildman–Crippen LogP) is 5.86. The molecule has 3 rings (SSSR count). The summed E-state index contributed by atoms with van der Waals surface area (Å²) in [5, 5.41) is 5.81. The van der Waals surface area contributed by atoms with E-state index in [1.165, 1.54) is 4.68 Å². The summed E-state index contributed by atoms with van der Waals surface area (Å²) in [7, 11) is 0. The van der Waals surface area contributed by atoms with Gasteiger partial charge in [-0.2, -0.15) is 9.78 Å². The Morgan fingerprint density at radius 1 is 1.23 bits per heavy atom. The number of hydrogen-bond acceptors (Lipinski definition) is 3. The van der Waals surface area contributed by atoms with Gasteiger partial charge in [-0.15, -0.1) is 0 Å². The van der Waals surface area contributed by atoms with Gasteiger partial charge in [-0.3, -0.25) is 4.79 Å². The van der Waals surface area contributed by atoms with E-state index in [4.69, 9.17) is 23.2 Å². The lowest BCUT2D eigenvalue weighted by Gasteiger charge is -2.14. The number of nitrogens with zero attached hydrogens (tertiary/aromatic N) is 3. The first-order valence-corrected chi connectivity index (χ1v) is 9.67. The molecule has 0 radical (unpaired) electrons. The summed E-state index contributed by atoms with van der Waals surface area (Å²) in [6.45, 7) is 4.08. The van der Waals surface area contributed by atoms with Crippen LogP contribution in [-0.2, 0) is 0 Å². The molecule has 4 nitrogen and oxygen atoms in total. The lowest BCUT2D eigenvalue weighted by Crippen LogP contribution is -2.23. The molecule has 3 aromatic rings. The van der Waals surface area contributed by atoms with Crippen molar-refractivity contribution in [2.24, 2.45) is 5.10 Å². The molecule has 134 valence electrons. The minimum Gasteiger partial charge on any atom is -0.267 e. The van der Waals surface area contributed by atoms with Crippen LogP contribution in [-0.4, -0.2) is 15.9 Å². The average molecular weight is 453 g/mol. The first-order valence-electron chi connectivity index (χ1n) is 8.12. The van der Waals surface area contributed by atoms with E-state index in [-0.39, 0.29) is 11.5 Å². The highest BCUT2D eigenvalue weighted by atomic mass is 79.9. The highest BCUT2D eigenvalue weighted by Gasteiger charge is 2.15. The molecule has 0 bridgehead atoms. The van der Waals surface area contributed by atoms with Crippen LogP contribution in [0.1, 0.15) is 37.6 Å². The molecule has 1 atom stereocenters. The Bertz CT molecular complexity index is 1060. The largest absolute Gasteiger partial charge is 0.282 e. The molecule has 0 aliphatic carbocycles. The fraction of sp³-hybridized carbons (Fsp3) is 0.211. The van der Waals surface area contributed by atoms with Crippen molar-refractivity contribution in [2.45, 2.75) is 26.2 Å². The first kappa shape index (κ1) is 19.1. The molecule has 0 unspecified atom stereocenters. The Labute approximate surface area is 169 Å². The summed E-state index contributed by atoms with van der Waals surface area (Å²) < 4.78 is 2.19. The van der Waals surface area contributed by atoms with Crippen molar-refractivity contribution in [2.75, 3.05) is 0 Å². The van der Waals surface area contributed by atoms with Crippen molar-refractivity contribution in [1.82, 2.24) is 9.66 Å². The lowest BCUT2D eigenvalue weighted by atomic mass is 10.1. The van der Waals surface area contributed by atoms with Gasteiger partial charge >= 0.3 is 0 Å². The Morgan fingerprint density at radius 2 is 2.00 bits per heavy atom. The molecule has 7 heteroatoms. The third kappa shape index (κ3) is 3.85. The maximum absolute atomic E-state index is 13.0. The van der Waals surface area contributed by atoms with Gasteiger partial charge in [0.2, 0.25) is 0 Å². The predicted molar refractivity (Wildman–Crippen MR) is 112 cm³/mol. The molecule has 0 aliphatic rings. The number of fused-ring (bicyclic) bond motifs is 1. The molecule has 0 saturated carbocycles.